The van der Waals surface area contributed by atoms with Crippen LogP contribution < -0.4 is 5.32 Å². The smallest absolute Gasteiger partial charge is 0.264 e. The van der Waals surface area contributed by atoms with Crippen LogP contribution in [0.5, 0.6) is 0 Å². The van der Waals surface area contributed by atoms with Crippen LogP contribution in [0.2, 0.25) is 0 Å². The van der Waals surface area contributed by atoms with Crippen molar-refractivity contribution in [3.8, 4) is 0 Å². The van der Waals surface area contributed by atoms with E-state index < -0.39 is 0 Å². The minimum Gasteiger partial charge on any atom is -0.340 e. The van der Waals surface area contributed by atoms with E-state index in [0.29, 0.717) is 4.88 Å². The highest BCUT2D eigenvalue weighted by molar-refractivity contribution is 7.13. The molecule has 24 heavy (non-hydrogen) atoms. The Hall–Kier alpha value is -1.98. The van der Waals surface area contributed by atoms with Gasteiger partial charge in [0.2, 0.25) is 0 Å². The lowest BCUT2D eigenvalue weighted by molar-refractivity contribution is 0.0947. The monoisotopic (exact) mass is 356 g/mol. The number of hydrogen-bond donors (Lipinski definition) is 1. The third-order valence-corrected chi connectivity index (χ3v) is 5.94. The molecule has 0 spiro atoms. The zero-order valence-electron chi connectivity index (χ0n) is 14.0. The van der Waals surface area contributed by atoms with Crippen molar-refractivity contribution in [2.75, 3.05) is 0 Å². The summed E-state index contributed by atoms with van der Waals surface area (Å²) in [7, 11) is 0. The Kier molecular flexibility index (Phi) is 5.11. The topological polar surface area (TPSA) is 42.0 Å². The van der Waals surface area contributed by atoms with Gasteiger partial charge in [-0.2, -0.15) is 0 Å². The standard InChI is InChI=1S/C19H20N2OS2/c1-4-14-7-9-15(10-8-14)17(16-6-5-11-23-16)21-19(22)18-12(2)20-13(3)24-18/h5-11,17H,4H2,1-3H3,(H,21,22). The summed E-state index contributed by atoms with van der Waals surface area (Å²) in [5.41, 5.74) is 3.19. The number of nitrogens with zero attached hydrogens (tertiary/aromatic N) is 1. The van der Waals surface area contributed by atoms with E-state index in [-0.39, 0.29) is 11.9 Å². The summed E-state index contributed by atoms with van der Waals surface area (Å²) in [5.74, 6) is -0.0592. The Morgan fingerprint density at radius 3 is 2.50 bits per heavy atom. The van der Waals surface area contributed by atoms with Gasteiger partial charge in [0.15, 0.2) is 0 Å². The van der Waals surface area contributed by atoms with Crippen LogP contribution in [0, 0.1) is 13.8 Å². The largest absolute Gasteiger partial charge is 0.340 e. The lowest BCUT2D eigenvalue weighted by Crippen LogP contribution is -2.28. The van der Waals surface area contributed by atoms with E-state index in [1.54, 1.807) is 11.3 Å². The lowest BCUT2D eigenvalue weighted by atomic mass is 10.0. The number of aryl methyl sites for hydroxylation is 3. The van der Waals surface area contributed by atoms with Gasteiger partial charge >= 0.3 is 0 Å². The minimum atomic E-state index is -0.134. The van der Waals surface area contributed by atoms with Gasteiger partial charge in [0.25, 0.3) is 5.91 Å². The van der Waals surface area contributed by atoms with Crippen molar-refractivity contribution in [3.05, 3.63) is 73.4 Å². The molecule has 0 aliphatic heterocycles. The molecule has 1 aromatic carbocycles. The Bertz CT molecular complexity index is 820. The second kappa shape index (κ2) is 7.28. The van der Waals surface area contributed by atoms with Gasteiger partial charge in [-0.05, 0) is 42.8 Å². The Morgan fingerprint density at radius 2 is 1.96 bits per heavy atom. The van der Waals surface area contributed by atoms with Crippen LogP contribution in [0.1, 0.15) is 49.3 Å². The summed E-state index contributed by atoms with van der Waals surface area (Å²) >= 11 is 3.10. The summed E-state index contributed by atoms with van der Waals surface area (Å²) in [6, 6.07) is 12.4. The molecule has 124 valence electrons. The number of benzene rings is 1. The molecule has 0 bridgehead atoms. The van der Waals surface area contributed by atoms with Gasteiger partial charge in [-0.1, -0.05) is 37.3 Å². The highest BCUT2D eigenvalue weighted by Crippen LogP contribution is 2.28. The molecule has 1 unspecified atom stereocenters. The van der Waals surface area contributed by atoms with Crippen LogP contribution >= 0.6 is 22.7 Å². The van der Waals surface area contributed by atoms with E-state index in [1.807, 2.05) is 25.3 Å². The maximum Gasteiger partial charge on any atom is 0.264 e. The number of thiazole rings is 1. The predicted molar refractivity (Wildman–Crippen MR) is 101 cm³/mol. The third-order valence-electron chi connectivity index (χ3n) is 3.93. The van der Waals surface area contributed by atoms with E-state index in [1.165, 1.54) is 16.9 Å². The average Bonchev–Trinajstić information content (AvgIpc) is 3.22. The second-order valence-corrected chi connectivity index (χ2v) is 7.85. The Balaban J connectivity index is 1.90. The molecule has 0 aliphatic carbocycles. The van der Waals surface area contributed by atoms with Gasteiger partial charge < -0.3 is 5.32 Å². The first kappa shape index (κ1) is 16.9. The fourth-order valence-electron chi connectivity index (χ4n) is 2.66. The van der Waals surface area contributed by atoms with Crippen LogP contribution in [0.4, 0.5) is 0 Å². The number of aromatic nitrogens is 1. The fraction of sp³-hybridized carbons (Fsp3) is 0.263. The Morgan fingerprint density at radius 1 is 1.21 bits per heavy atom. The second-order valence-electron chi connectivity index (χ2n) is 5.66. The van der Waals surface area contributed by atoms with E-state index in [0.717, 1.165) is 27.6 Å². The molecule has 2 heterocycles. The van der Waals surface area contributed by atoms with Crippen molar-refractivity contribution in [3.63, 3.8) is 0 Å². The van der Waals surface area contributed by atoms with Gasteiger partial charge in [0.1, 0.15) is 4.88 Å². The van der Waals surface area contributed by atoms with Gasteiger partial charge in [-0.15, -0.1) is 22.7 Å². The zero-order chi connectivity index (χ0) is 17.1. The van der Waals surface area contributed by atoms with E-state index in [9.17, 15) is 4.79 Å². The summed E-state index contributed by atoms with van der Waals surface area (Å²) in [6.07, 6.45) is 1.01. The summed E-state index contributed by atoms with van der Waals surface area (Å²) < 4.78 is 0. The first-order chi connectivity index (χ1) is 11.6. The first-order valence-corrected chi connectivity index (χ1v) is 9.65. The average molecular weight is 357 g/mol. The van der Waals surface area contributed by atoms with E-state index >= 15 is 0 Å². The molecule has 0 saturated carbocycles. The summed E-state index contributed by atoms with van der Waals surface area (Å²) in [5, 5.41) is 6.14. The fourth-order valence-corrected chi connectivity index (χ4v) is 4.28. The van der Waals surface area contributed by atoms with Crippen LogP contribution in [0.3, 0.4) is 0 Å². The summed E-state index contributed by atoms with van der Waals surface area (Å²) in [4.78, 5) is 18.9. The third kappa shape index (κ3) is 3.57. The van der Waals surface area contributed by atoms with Crippen LogP contribution in [0.15, 0.2) is 41.8 Å². The molecule has 1 atom stereocenters. The molecule has 5 heteroatoms. The highest BCUT2D eigenvalue weighted by Gasteiger charge is 2.21. The number of rotatable bonds is 5. The molecule has 0 saturated heterocycles. The molecule has 2 aromatic heterocycles. The molecule has 0 fully saturated rings. The predicted octanol–water partition coefficient (Wildman–Crippen LogP) is 4.90. The number of thiophene rings is 1. The molecule has 3 rings (SSSR count). The quantitative estimate of drug-likeness (QED) is 0.706. The van der Waals surface area contributed by atoms with Gasteiger partial charge in [-0.3, -0.25) is 4.79 Å². The molecular formula is C19H20N2OS2. The SMILES string of the molecule is CCc1ccc(C(NC(=O)c2sc(C)nc2C)c2cccs2)cc1. The molecule has 1 amide bonds. The summed E-state index contributed by atoms with van der Waals surface area (Å²) in [6.45, 7) is 5.95. The van der Waals surface area contributed by atoms with Gasteiger partial charge in [0, 0.05) is 4.88 Å². The minimum absolute atomic E-state index is 0.0592. The van der Waals surface area contributed by atoms with E-state index in [4.69, 9.17) is 0 Å². The number of amides is 1. The zero-order valence-corrected chi connectivity index (χ0v) is 15.6. The number of nitrogens with one attached hydrogen (secondary N) is 1. The van der Waals surface area contributed by atoms with Crippen molar-refractivity contribution in [2.24, 2.45) is 0 Å². The highest BCUT2D eigenvalue weighted by atomic mass is 32.1. The van der Waals surface area contributed by atoms with E-state index in [2.05, 4.69) is 47.6 Å². The maximum absolute atomic E-state index is 12.7. The number of carbonyl (C=O) groups is 1. The normalized spacial score (nSPS) is 12.1. The van der Waals surface area contributed by atoms with Gasteiger partial charge in [0.05, 0.1) is 16.7 Å². The van der Waals surface area contributed by atoms with Crippen molar-refractivity contribution < 1.29 is 4.79 Å². The van der Waals surface area contributed by atoms with Crippen molar-refractivity contribution in [2.45, 2.75) is 33.2 Å². The van der Waals surface area contributed by atoms with Crippen LogP contribution in [0.25, 0.3) is 0 Å². The molecule has 0 radical (unpaired) electrons. The molecule has 0 aliphatic rings. The van der Waals surface area contributed by atoms with Crippen molar-refractivity contribution >= 4 is 28.6 Å². The van der Waals surface area contributed by atoms with Gasteiger partial charge in [-0.25, -0.2) is 4.98 Å². The lowest BCUT2D eigenvalue weighted by Gasteiger charge is -2.18. The maximum atomic E-state index is 12.7. The first-order valence-electron chi connectivity index (χ1n) is 7.95. The van der Waals surface area contributed by atoms with Crippen LogP contribution in [-0.2, 0) is 6.42 Å². The number of carbonyl (C=O) groups excluding carboxylic acids is 1. The molecule has 3 aromatic rings. The van der Waals surface area contributed by atoms with Crippen LogP contribution in [-0.4, -0.2) is 10.9 Å². The Labute approximate surface area is 150 Å². The van der Waals surface area contributed by atoms with Crippen molar-refractivity contribution in [1.29, 1.82) is 0 Å². The molecular weight excluding hydrogens is 336 g/mol. The molecule has 1 N–H and O–H groups in total. The molecule has 3 nitrogen and oxygen atoms in total. The van der Waals surface area contributed by atoms with Crippen molar-refractivity contribution in [1.82, 2.24) is 10.3 Å². The number of hydrogen-bond acceptors (Lipinski definition) is 4.